The predicted octanol–water partition coefficient (Wildman–Crippen LogP) is 3.48. The molecule has 1 saturated heterocycles. The molecule has 1 unspecified atom stereocenters. The van der Waals surface area contributed by atoms with E-state index in [1.165, 1.54) is 0 Å². The van der Waals surface area contributed by atoms with Gasteiger partial charge in [0.1, 0.15) is 0 Å². The van der Waals surface area contributed by atoms with Gasteiger partial charge in [0.25, 0.3) is 0 Å². The second kappa shape index (κ2) is 11.6. The van der Waals surface area contributed by atoms with Gasteiger partial charge in [0, 0.05) is 56.2 Å². The van der Waals surface area contributed by atoms with Crippen LogP contribution in [0.1, 0.15) is 19.2 Å². The minimum atomic E-state index is 0. The fourth-order valence-corrected chi connectivity index (χ4v) is 3.26. The van der Waals surface area contributed by atoms with Crippen molar-refractivity contribution in [3.05, 3.63) is 35.2 Å². The van der Waals surface area contributed by atoms with E-state index in [1.807, 2.05) is 38.2 Å². The average molecular weight is 520 g/mol. The number of halogens is 2. The highest BCUT2D eigenvalue weighted by Crippen LogP contribution is 2.19. The van der Waals surface area contributed by atoms with Crippen LogP contribution in [0.5, 0.6) is 0 Å². The van der Waals surface area contributed by atoms with Crippen molar-refractivity contribution < 1.29 is 9.26 Å². The fourth-order valence-electron chi connectivity index (χ4n) is 3.13. The number of benzene rings is 1. The first-order valence-corrected chi connectivity index (χ1v) is 9.69. The monoisotopic (exact) mass is 519 g/mol. The lowest BCUT2D eigenvalue weighted by atomic mass is 10.1. The second-order valence-corrected chi connectivity index (χ2v) is 6.94. The lowest BCUT2D eigenvalue weighted by Crippen LogP contribution is -2.41. The molecule has 7 nitrogen and oxygen atoms in total. The molecule has 0 saturated carbocycles. The molecule has 9 heteroatoms. The van der Waals surface area contributed by atoms with E-state index in [9.17, 15) is 0 Å². The Balaban J connectivity index is 0.00000280. The first-order valence-electron chi connectivity index (χ1n) is 9.31. The highest BCUT2D eigenvalue weighted by molar-refractivity contribution is 14.0. The third-order valence-corrected chi connectivity index (χ3v) is 4.80. The second-order valence-electron chi connectivity index (χ2n) is 6.50. The Morgan fingerprint density at radius 1 is 1.39 bits per heavy atom. The summed E-state index contributed by atoms with van der Waals surface area (Å²) in [5.74, 6) is 2.65. The number of nitrogens with zero attached hydrogens (tertiary/aromatic N) is 4. The Bertz CT molecular complexity index is 753. The van der Waals surface area contributed by atoms with Crippen LogP contribution >= 0.6 is 35.6 Å². The van der Waals surface area contributed by atoms with Gasteiger partial charge in [0.05, 0.1) is 6.61 Å². The molecule has 1 atom stereocenters. The molecule has 0 bridgehead atoms. The Morgan fingerprint density at radius 3 is 2.89 bits per heavy atom. The maximum absolute atomic E-state index is 5.91. The van der Waals surface area contributed by atoms with Crippen molar-refractivity contribution in [1.82, 2.24) is 20.4 Å². The summed E-state index contributed by atoms with van der Waals surface area (Å²) in [7, 11) is 1.81. The SMILES string of the molecule is CCOCC1CCN(C(=NC)NCCc2nc(-c3ccc(Cl)cc3)no2)C1.I. The Morgan fingerprint density at radius 2 is 2.18 bits per heavy atom. The molecule has 1 aromatic heterocycles. The lowest BCUT2D eigenvalue weighted by Gasteiger charge is -2.21. The molecule has 2 aromatic rings. The summed E-state index contributed by atoms with van der Waals surface area (Å²) in [5.41, 5.74) is 0.885. The first kappa shape index (κ1) is 22.9. The number of hydrogen-bond donors (Lipinski definition) is 1. The number of aromatic nitrogens is 2. The maximum Gasteiger partial charge on any atom is 0.228 e. The summed E-state index contributed by atoms with van der Waals surface area (Å²) in [6, 6.07) is 7.38. The van der Waals surface area contributed by atoms with Gasteiger partial charge < -0.3 is 19.5 Å². The van der Waals surface area contributed by atoms with Crippen LogP contribution in [-0.2, 0) is 11.2 Å². The summed E-state index contributed by atoms with van der Waals surface area (Å²) < 4.78 is 10.9. The molecule has 2 heterocycles. The highest BCUT2D eigenvalue weighted by Gasteiger charge is 2.24. The van der Waals surface area contributed by atoms with Gasteiger partial charge in [-0.25, -0.2) is 0 Å². The molecule has 1 aliphatic rings. The van der Waals surface area contributed by atoms with E-state index in [2.05, 4.69) is 25.3 Å². The summed E-state index contributed by atoms with van der Waals surface area (Å²) >= 11 is 5.91. The molecular formula is C19H27ClIN5O2. The smallest absolute Gasteiger partial charge is 0.228 e. The zero-order valence-electron chi connectivity index (χ0n) is 16.2. The minimum Gasteiger partial charge on any atom is -0.381 e. The third kappa shape index (κ3) is 6.31. The molecule has 28 heavy (non-hydrogen) atoms. The van der Waals surface area contributed by atoms with Crippen LogP contribution < -0.4 is 5.32 Å². The number of rotatable bonds is 7. The number of aliphatic imine (C=N–C) groups is 1. The van der Waals surface area contributed by atoms with Gasteiger partial charge in [-0.1, -0.05) is 16.8 Å². The number of hydrogen-bond acceptors (Lipinski definition) is 5. The van der Waals surface area contributed by atoms with Gasteiger partial charge in [-0.3, -0.25) is 4.99 Å². The summed E-state index contributed by atoms with van der Waals surface area (Å²) in [4.78, 5) is 11.1. The van der Waals surface area contributed by atoms with Crippen LogP contribution in [0.15, 0.2) is 33.8 Å². The van der Waals surface area contributed by atoms with E-state index < -0.39 is 0 Å². The van der Waals surface area contributed by atoms with E-state index in [0.717, 1.165) is 44.2 Å². The molecule has 154 valence electrons. The van der Waals surface area contributed by atoms with Gasteiger partial charge >= 0.3 is 0 Å². The number of ether oxygens (including phenoxy) is 1. The minimum absolute atomic E-state index is 0. The summed E-state index contributed by atoms with van der Waals surface area (Å²) in [6.45, 7) is 6.27. The Kier molecular flexibility index (Phi) is 9.46. The van der Waals surface area contributed by atoms with Gasteiger partial charge in [0.15, 0.2) is 5.96 Å². The molecule has 0 amide bonds. The Labute approximate surface area is 187 Å². The zero-order valence-corrected chi connectivity index (χ0v) is 19.3. The number of guanidine groups is 1. The lowest BCUT2D eigenvalue weighted by molar-refractivity contribution is 0.114. The van der Waals surface area contributed by atoms with Crippen LogP contribution in [0.4, 0.5) is 0 Å². The molecule has 1 aliphatic heterocycles. The molecular weight excluding hydrogens is 493 g/mol. The van der Waals surface area contributed by atoms with Crippen molar-refractivity contribution in [3.8, 4) is 11.4 Å². The van der Waals surface area contributed by atoms with Crippen molar-refractivity contribution in [2.75, 3.05) is 39.9 Å². The molecule has 0 spiro atoms. The zero-order chi connectivity index (χ0) is 19.1. The van der Waals surface area contributed by atoms with Crippen LogP contribution in [-0.4, -0.2) is 60.9 Å². The number of nitrogens with one attached hydrogen (secondary N) is 1. The topological polar surface area (TPSA) is 75.8 Å². The van der Waals surface area contributed by atoms with E-state index >= 15 is 0 Å². The standard InChI is InChI=1S/C19H26ClN5O2.HI/c1-3-26-13-14-9-11-25(12-14)19(21-2)22-10-8-17-23-18(24-27-17)15-4-6-16(20)7-5-15;/h4-7,14H,3,8-13H2,1-2H3,(H,21,22);1H. The van der Waals surface area contributed by atoms with Crippen molar-refractivity contribution in [3.63, 3.8) is 0 Å². The quantitative estimate of drug-likeness (QED) is 0.343. The van der Waals surface area contributed by atoms with E-state index in [1.54, 1.807) is 0 Å². The van der Waals surface area contributed by atoms with Crippen molar-refractivity contribution in [1.29, 1.82) is 0 Å². The van der Waals surface area contributed by atoms with E-state index in [0.29, 0.717) is 35.6 Å². The van der Waals surface area contributed by atoms with Crippen LogP contribution in [0.3, 0.4) is 0 Å². The molecule has 0 aliphatic carbocycles. The van der Waals surface area contributed by atoms with Crippen molar-refractivity contribution in [2.24, 2.45) is 10.9 Å². The van der Waals surface area contributed by atoms with Gasteiger partial charge in [-0.15, -0.1) is 24.0 Å². The largest absolute Gasteiger partial charge is 0.381 e. The fraction of sp³-hybridized carbons (Fsp3) is 0.526. The first-order chi connectivity index (χ1) is 13.2. The average Bonchev–Trinajstić information content (AvgIpc) is 3.34. The summed E-state index contributed by atoms with van der Waals surface area (Å²) in [6.07, 6.45) is 1.77. The Hall–Kier alpha value is -1.39. The molecule has 0 radical (unpaired) electrons. The predicted molar refractivity (Wildman–Crippen MR) is 121 cm³/mol. The van der Waals surface area contributed by atoms with Gasteiger partial charge in [-0.2, -0.15) is 4.98 Å². The number of likely N-dealkylation sites (tertiary alicyclic amines) is 1. The normalized spacial score (nSPS) is 16.9. The molecule has 1 fully saturated rings. The summed E-state index contributed by atoms with van der Waals surface area (Å²) in [5, 5.41) is 8.11. The van der Waals surface area contributed by atoms with Crippen LogP contribution in [0.2, 0.25) is 5.02 Å². The van der Waals surface area contributed by atoms with Crippen LogP contribution in [0.25, 0.3) is 11.4 Å². The molecule has 3 rings (SSSR count). The van der Waals surface area contributed by atoms with Gasteiger partial charge in [0.2, 0.25) is 11.7 Å². The highest BCUT2D eigenvalue weighted by atomic mass is 127. The maximum atomic E-state index is 5.91. The molecule has 1 N–H and O–H groups in total. The molecule has 1 aromatic carbocycles. The van der Waals surface area contributed by atoms with Gasteiger partial charge in [-0.05, 0) is 37.6 Å². The third-order valence-electron chi connectivity index (χ3n) is 4.55. The van der Waals surface area contributed by atoms with Crippen molar-refractivity contribution in [2.45, 2.75) is 19.8 Å². The van der Waals surface area contributed by atoms with E-state index in [4.69, 9.17) is 20.9 Å². The van der Waals surface area contributed by atoms with Crippen molar-refractivity contribution >= 4 is 41.5 Å². The van der Waals surface area contributed by atoms with Crippen LogP contribution in [0, 0.1) is 5.92 Å². The van der Waals surface area contributed by atoms with E-state index in [-0.39, 0.29) is 24.0 Å².